The van der Waals surface area contributed by atoms with E-state index < -0.39 is 17.6 Å². The highest BCUT2D eigenvalue weighted by Crippen LogP contribution is 2.40. The molecule has 2 aromatic carbocycles. The number of hydrogen-bond acceptors (Lipinski definition) is 6. The lowest BCUT2D eigenvalue weighted by Gasteiger charge is -2.27. The summed E-state index contributed by atoms with van der Waals surface area (Å²) in [5.74, 6) is 0.164. The van der Waals surface area contributed by atoms with Gasteiger partial charge >= 0.3 is 0 Å². The summed E-state index contributed by atoms with van der Waals surface area (Å²) < 4.78 is 0. The van der Waals surface area contributed by atoms with Gasteiger partial charge in [-0.2, -0.15) is 4.80 Å². The number of rotatable bonds is 7. The van der Waals surface area contributed by atoms with Gasteiger partial charge in [-0.25, -0.2) is 0 Å². The van der Waals surface area contributed by atoms with Gasteiger partial charge in [-0.3, -0.25) is 4.79 Å². The lowest BCUT2D eigenvalue weighted by Crippen LogP contribution is -2.43. The van der Waals surface area contributed by atoms with Gasteiger partial charge in [-0.15, -0.1) is 10.2 Å². The zero-order chi connectivity index (χ0) is 22.7. The molecule has 1 aliphatic carbocycles. The quantitative estimate of drug-likeness (QED) is 0.504. The largest absolute Gasteiger partial charge is 0.390 e. The molecule has 0 aliphatic heterocycles. The van der Waals surface area contributed by atoms with Crippen LogP contribution in [0.2, 0.25) is 5.02 Å². The Morgan fingerprint density at radius 2 is 1.84 bits per heavy atom. The number of carbonyl (C=O) groups is 1. The number of hydrogen-bond donors (Lipinski definition) is 3. The lowest BCUT2D eigenvalue weighted by molar-refractivity contribution is -0.132. The Bertz CT molecular complexity index is 1080. The van der Waals surface area contributed by atoms with Gasteiger partial charge in [0.2, 0.25) is 11.7 Å². The molecule has 9 heteroatoms. The van der Waals surface area contributed by atoms with Gasteiger partial charge in [0.05, 0.1) is 24.2 Å². The summed E-state index contributed by atoms with van der Waals surface area (Å²) in [6, 6.07) is 15.2. The van der Waals surface area contributed by atoms with Crippen molar-refractivity contribution in [2.75, 3.05) is 0 Å². The van der Waals surface area contributed by atoms with E-state index in [1.807, 2.05) is 42.5 Å². The van der Waals surface area contributed by atoms with Gasteiger partial charge in [-0.1, -0.05) is 61.0 Å². The first-order chi connectivity index (χ1) is 15.4. The minimum atomic E-state index is -1.07. The summed E-state index contributed by atoms with van der Waals surface area (Å²) in [6.45, 7) is 2.42. The number of aromatic nitrogens is 4. The van der Waals surface area contributed by atoms with Crippen LogP contribution >= 0.6 is 11.6 Å². The van der Waals surface area contributed by atoms with E-state index in [1.54, 1.807) is 6.07 Å². The average Bonchev–Trinajstić information content (AvgIpc) is 3.37. The molecule has 1 saturated carbocycles. The fraction of sp³-hybridized carbons (Fsp3) is 0.391. The molecule has 2 unspecified atom stereocenters. The van der Waals surface area contributed by atoms with Crippen molar-refractivity contribution in [2.45, 2.75) is 51.5 Å². The number of nitrogens with one attached hydrogen (secondary N) is 1. The SMILES string of the molecule is CCc1ccc(-c2nnn(CC3(C(=O)NCc4ccccc4Cl)CC(O)C(O)C3)n2)cc1. The molecular weight excluding hydrogens is 430 g/mol. The van der Waals surface area contributed by atoms with Crippen LogP contribution in [0.3, 0.4) is 0 Å². The lowest BCUT2D eigenvalue weighted by atomic mass is 9.84. The summed E-state index contributed by atoms with van der Waals surface area (Å²) in [5.41, 5.74) is 1.76. The van der Waals surface area contributed by atoms with Crippen LogP contribution in [0.5, 0.6) is 0 Å². The molecule has 1 heterocycles. The van der Waals surface area contributed by atoms with Crippen LogP contribution in [0.4, 0.5) is 0 Å². The zero-order valence-corrected chi connectivity index (χ0v) is 18.5. The molecule has 0 bridgehead atoms. The number of carbonyl (C=O) groups excluding carboxylic acids is 1. The monoisotopic (exact) mass is 455 g/mol. The third kappa shape index (κ3) is 4.67. The van der Waals surface area contributed by atoms with Crippen LogP contribution in [-0.2, 0) is 24.3 Å². The Balaban J connectivity index is 1.52. The van der Waals surface area contributed by atoms with Crippen molar-refractivity contribution in [1.82, 2.24) is 25.5 Å². The third-order valence-electron chi connectivity index (χ3n) is 6.04. The summed E-state index contributed by atoms with van der Waals surface area (Å²) >= 11 is 6.19. The summed E-state index contributed by atoms with van der Waals surface area (Å²) in [5, 5.41) is 36.6. The van der Waals surface area contributed by atoms with Gasteiger partial charge in [0.15, 0.2) is 0 Å². The maximum absolute atomic E-state index is 13.2. The first-order valence-corrected chi connectivity index (χ1v) is 11.0. The number of benzene rings is 2. The molecule has 8 nitrogen and oxygen atoms in total. The number of nitrogens with zero attached hydrogens (tertiary/aromatic N) is 4. The number of tetrazole rings is 1. The van der Waals surface area contributed by atoms with E-state index in [2.05, 4.69) is 27.7 Å². The van der Waals surface area contributed by atoms with Gasteiger partial charge < -0.3 is 15.5 Å². The van der Waals surface area contributed by atoms with Crippen molar-refractivity contribution in [2.24, 2.45) is 5.41 Å². The molecule has 0 spiro atoms. The molecule has 0 saturated heterocycles. The van der Waals surface area contributed by atoms with Crippen molar-refractivity contribution < 1.29 is 15.0 Å². The van der Waals surface area contributed by atoms with Crippen LogP contribution in [0, 0.1) is 5.41 Å². The second kappa shape index (κ2) is 9.36. The van der Waals surface area contributed by atoms with E-state index in [-0.39, 0.29) is 31.8 Å². The van der Waals surface area contributed by atoms with E-state index in [1.165, 1.54) is 10.4 Å². The average molecular weight is 456 g/mol. The third-order valence-corrected chi connectivity index (χ3v) is 6.41. The minimum Gasteiger partial charge on any atom is -0.390 e. The highest BCUT2D eigenvalue weighted by molar-refractivity contribution is 6.31. The molecule has 3 N–H and O–H groups in total. The Hall–Kier alpha value is -2.81. The Kier molecular flexibility index (Phi) is 6.55. The maximum atomic E-state index is 13.2. The van der Waals surface area contributed by atoms with Crippen LogP contribution in [0.25, 0.3) is 11.4 Å². The van der Waals surface area contributed by atoms with E-state index >= 15 is 0 Å². The van der Waals surface area contributed by atoms with Crippen LogP contribution in [-0.4, -0.2) is 48.5 Å². The normalized spacial score (nSPS) is 22.8. The summed E-state index contributed by atoms with van der Waals surface area (Å²) in [7, 11) is 0. The van der Waals surface area contributed by atoms with E-state index in [0.29, 0.717) is 10.8 Å². The highest BCUT2D eigenvalue weighted by Gasteiger charge is 2.50. The molecular formula is C23H26ClN5O3. The number of aliphatic hydroxyl groups is 2. The second-order valence-electron chi connectivity index (χ2n) is 8.29. The number of aryl methyl sites for hydroxylation is 1. The van der Waals surface area contributed by atoms with Gasteiger partial charge in [-0.05, 0) is 41.7 Å². The fourth-order valence-corrected chi connectivity index (χ4v) is 4.34. The van der Waals surface area contributed by atoms with E-state index in [0.717, 1.165) is 17.5 Å². The van der Waals surface area contributed by atoms with E-state index in [4.69, 9.17) is 11.6 Å². The minimum absolute atomic E-state index is 0.0928. The Labute approximate surface area is 191 Å². The predicted octanol–water partition coefficient (Wildman–Crippen LogP) is 2.37. The topological polar surface area (TPSA) is 113 Å². The second-order valence-corrected chi connectivity index (χ2v) is 8.70. The standard InChI is InChI=1S/C23H26ClN5O3/c1-2-15-7-9-16(10-8-15)21-26-28-29(27-21)14-23(11-19(30)20(31)12-23)22(32)25-13-17-5-3-4-6-18(17)24/h3-10,19-20,30-31H,2,11-14H2,1H3,(H,25,32). The van der Waals surface area contributed by atoms with Crippen LogP contribution < -0.4 is 5.32 Å². The predicted molar refractivity (Wildman–Crippen MR) is 120 cm³/mol. The van der Waals surface area contributed by atoms with Gasteiger partial charge in [0.1, 0.15) is 0 Å². The van der Waals surface area contributed by atoms with Crippen LogP contribution in [0.15, 0.2) is 48.5 Å². The maximum Gasteiger partial charge on any atom is 0.228 e. The zero-order valence-electron chi connectivity index (χ0n) is 17.8. The van der Waals surface area contributed by atoms with Crippen LogP contribution in [0.1, 0.15) is 30.9 Å². The number of halogens is 1. The highest BCUT2D eigenvalue weighted by atomic mass is 35.5. The fourth-order valence-electron chi connectivity index (χ4n) is 4.13. The number of amides is 1. The number of aliphatic hydroxyl groups excluding tert-OH is 2. The molecule has 32 heavy (non-hydrogen) atoms. The molecule has 0 radical (unpaired) electrons. The molecule has 1 fully saturated rings. The van der Waals surface area contributed by atoms with Crippen molar-refractivity contribution in [3.63, 3.8) is 0 Å². The van der Waals surface area contributed by atoms with E-state index in [9.17, 15) is 15.0 Å². The summed E-state index contributed by atoms with van der Waals surface area (Å²) in [6.07, 6.45) is -0.845. The molecule has 3 aromatic rings. The Morgan fingerprint density at radius 1 is 1.16 bits per heavy atom. The molecule has 4 rings (SSSR count). The van der Waals surface area contributed by atoms with Crippen molar-refractivity contribution in [3.05, 3.63) is 64.7 Å². The molecule has 1 amide bonds. The molecule has 168 valence electrons. The first-order valence-electron chi connectivity index (χ1n) is 10.6. The van der Waals surface area contributed by atoms with Crippen molar-refractivity contribution in [1.29, 1.82) is 0 Å². The Morgan fingerprint density at radius 3 is 2.50 bits per heavy atom. The van der Waals surface area contributed by atoms with Crippen molar-refractivity contribution in [3.8, 4) is 11.4 Å². The molecule has 1 aliphatic rings. The van der Waals surface area contributed by atoms with Crippen molar-refractivity contribution >= 4 is 17.5 Å². The molecule has 2 atom stereocenters. The first kappa shape index (κ1) is 22.4. The molecule has 1 aromatic heterocycles. The smallest absolute Gasteiger partial charge is 0.228 e. The van der Waals surface area contributed by atoms with Gasteiger partial charge in [0, 0.05) is 17.1 Å². The van der Waals surface area contributed by atoms with Gasteiger partial charge in [0.25, 0.3) is 0 Å². The summed E-state index contributed by atoms with van der Waals surface area (Å²) in [4.78, 5) is 14.6.